The second kappa shape index (κ2) is 12.6. The first-order valence-corrected chi connectivity index (χ1v) is 12.0. The molecule has 1 rings (SSSR count). The number of ether oxygens (including phenoxy) is 1. The Kier molecular flexibility index (Phi) is 10.7. The van der Waals surface area contributed by atoms with Crippen LogP contribution < -0.4 is 16.4 Å². The normalized spacial score (nSPS) is 13.2. The molecule has 4 N–H and O–H groups in total. The van der Waals surface area contributed by atoms with Crippen LogP contribution in [-0.4, -0.2) is 52.4 Å². The van der Waals surface area contributed by atoms with Crippen LogP contribution in [0, 0.1) is 13.8 Å². The van der Waals surface area contributed by atoms with E-state index in [1.54, 1.807) is 26.8 Å². The molecule has 4 amide bonds. The van der Waals surface area contributed by atoms with Crippen LogP contribution in [0.15, 0.2) is 30.9 Å². The Labute approximate surface area is 214 Å². The molecule has 1 aromatic carbocycles. The van der Waals surface area contributed by atoms with Crippen LogP contribution >= 0.6 is 0 Å². The van der Waals surface area contributed by atoms with Crippen molar-refractivity contribution < 1.29 is 23.9 Å². The topological polar surface area (TPSA) is 131 Å². The molecule has 0 fully saturated rings. The zero-order chi connectivity index (χ0) is 27.8. The number of hydrogen-bond acceptors (Lipinski definition) is 5. The third-order valence-electron chi connectivity index (χ3n) is 5.28. The van der Waals surface area contributed by atoms with Gasteiger partial charge in [0.2, 0.25) is 17.7 Å². The molecule has 0 aliphatic heterocycles. The number of nitrogens with zero attached hydrogens (tertiary/aromatic N) is 1. The summed E-state index contributed by atoms with van der Waals surface area (Å²) in [6, 6.07) is 3.40. The summed E-state index contributed by atoms with van der Waals surface area (Å²) >= 11 is 0. The lowest BCUT2D eigenvalue weighted by Crippen LogP contribution is -2.55. The SMILES string of the molecule is C=CCN(C(=O)C(CCC(N)=O)NC(=O)OC(C)(C)C)C(C(=O)NC(C)(C)C)c1cccc(C)c1C. The van der Waals surface area contributed by atoms with E-state index in [1.807, 2.05) is 46.8 Å². The molecule has 9 nitrogen and oxygen atoms in total. The smallest absolute Gasteiger partial charge is 0.408 e. The van der Waals surface area contributed by atoms with Gasteiger partial charge >= 0.3 is 6.09 Å². The van der Waals surface area contributed by atoms with Gasteiger partial charge in [0, 0.05) is 18.5 Å². The Morgan fingerprint density at radius 3 is 2.22 bits per heavy atom. The van der Waals surface area contributed by atoms with E-state index < -0.39 is 41.1 Å². The van der Waals surface area contributed by atoms with Crippen LogP contribution in [0.1, 0.15) is 77.1 Å². The Hall–Kier alpha value is -3.36. The monoisotopic (exact) mass is 502 g/mol. The third kappa shape index (κ3) is 9.71. The molecule has 0 bridgehead atoms. The maximum atomic E-state index is 13.9. The van der Waals surface area contributed by atoms with Crippen molar-refractivity contribution in [1.29, 1.82) is 0 Å². The largest absolute Gasteiger partial charge is 0.444 e. The summed E-state index contributed by atoms with van der Waals surface area (Å²) in [5.74, 6) is -1.56. The van der Waals surface area contributed by atoms with Gasteiger partial charge in [-0.3, -0.25) is 14.4 Å². The van der Waals surface area contributed by atoms with Gasteiger partial charge in [0.25, 0.3) is 0 Å². The van der Waals surface area contributed by atoms with Crippen molar-refractivity contribution in [2.24, 2.45) is 5.73 Å². The van der Waals surface area contributed by atoms with Crippen molar-refractivity contribution >= 4 is 23.8 Å². The quantitative estimate of drug-likeness (QED) is 0.422. The van der Waals surface area contributed by atoms with Gasteiger partial charge in [0.05, 0.1) is 0 Å². The number of aryl methyl sites for hydroxylation is 1. The minimum absolute atomic E-state index is 0.0253. The fourth-order valence-electron chi connectivity index (χ4n) is 3.61. The van der Waals surface area contributed by atoms with E-state index in [2.05, 4.69) is 17.2 Å². The number of carbonyl (C=O) groups excluding carboxylic acids is 4. The van der Waals surface area contributed by atoms with Gasteiger partial charge in [-0.25, -0.2) is 4.79 Å². The molecule has 2 unspecified atom stereocenters. The van der Waals surface area contributed by atoms with Gasteiger partial charge < -0.3 is 26.0 Å². The second-order valence-electron chi connectivity index (χ2n) is 10.9. The van der Waals surface area contributed by atoms with Gasteiger partial charge in [-0.05, 0) is 78.5 Å². The summed E-state index contributed by atoms with van der Waals surface area (Å²) in [7, 11) is 0. The van der Waals surface area contributed by atoms with Gasteiger partial charge in [-0.2, -0.15) is 0 Å². The summed E-state index contributed by atoms with van der Waals surface area (Å²) in [5, 5.41) is 5.53. The molecule has 0 aromatic heterocycles. The van der Waals surface area contributed by atoms with Crippen molar-refractivity contribution in [3.05, 3.63) is 47.5 Å². The summed E-state index contributed by atoms with van der Waals surface area (Å²) in [5.41, 5.74) is 6.45. The number of nitrogens with two attached hydrogens (primary N) is 1. The minimum atomic E-state index is -1.15. The minimum Gasteiger partial charge on any atom is -0.444 e. The van der Waals surface area contributed by atoms with Crippen LogP contribution in [-0.2, 0) is 19.1 Å². The number of rotatable bonds is 10. The summed E-state index contributed by atoms with van der Waals surface area (Å²) in [4.78, 5) is 52.9. The van der Waals surface area contributed by atoms with Gasteiger partial charge in [0.1, 0.15) is 17.7 Å². The van der Waals surface area contributed by atoms with Crippen molar-refractivity contribution in [3.63, 3.8) is 0 Å². The molecular weight excluding hydrogens is 460 g/mol. The van der Waals surface area contributed by atoms with Crippen LogP contribution in [0.25, 0.3) is 0 Å². The van der Waals surface area contributed by atoms with Crippen LogP contribution in [0.4, 0.5) is 4.79 Å². The zero-order valence-corrected chi connectivity index (χ0v) is 22.9. The molecule has 0 aliphatic carbocycles. The molecule has 1 aromatic rings. The molecule has 0 spiro atoms. The number of alkyl carbamates (subject to hydrolysis) is 1. The second-order valence-corrected chi connectivity index (χ2v) is 10.9. The molecule has 0 aliphatic rings. The average Bonchev–Trinajstić information content (AvgIpc) is 2.70. The number of carbonyl (C=O) groups is 4. The molecule has 0 radical (unpaired) electrons. The fraction of sp³-hybridized carbons (Fsp3) is 0.556. The lowest BCUT2D eigenvalue weighted by Gasteiger charge is -2.36. The van der Waals surface area contributed by atoms with Crippen molar-refractivity contribution in [2.45, 2.75) is 91.5 Å². The standard InChI is InChI=1S/C27H42N4O5/c1-10-16-31(24(34)20(14-15-21(28)32)29-25(35)36-27(7,8)9)22(23(33)30-26(4,5)6)19-13-11-12-17(2)18(19)3/h10-13,20,22H,1,14-16H2,2-9H3,(H2,28,32)(H,29,35)(H,30,33). The van der Waals surface area contributed by atoms with Crippen LogP contribution in [0.5, 0.6) is 0 Å². The molecular formula is C27H42N4O5. The molecule has 9 heteroatoms. The van der Waals surface area contributed by atoms with Gasteiger partial charge in [-0.1, -0.05) is 24.3 Å². The fourth-order valence-corrected chi connectivity index (χ4v) is 3.61. The molecule has 0 saturated carbocycles. The van der Waals surface area contributed by atoms with E-state index in [1.165, 1.54) is 11.0 Å². The summed E-state index contributed by atoms with van der Waals surface area (Å²) in [6.45, 7) is 18.3. The number of nitrogens with one attached hydrogen (secondary N) is 2. The molecule has 0 saturated heterocycles. The highest BCUT2D eigenvalue weighted by molar-refractivity contribution is 5.93. The van der Waals surface area contributed by atoms with E-state index in [-0.39, 0.29) is 25.3 Å². The van der Waals surface area contributed by atoms with Crippen molar-refractivity contribution in [3.8, 4) is 0 Å². The van der Waals surface area contributed by atoms with E-state index in [0.717, 1.165) is 11.1 Å². The maximum Gasteiger partial charge on any atom is 0.408 e. The van der Waals surface area contributed by atoms with E-state index in [9.17, 15) is 19.2 Å². The Balaban J connectivity index is 3.57. The molecule has 36 heavy (non-hydrogen) atoms. The maximum absolute atomic E-state index is 13.9. The molecule has 200 valence electrons. The number of primary amides is 1. The van der Waals surface area contributed by atoms with Crippen molar-refractivity contribution in [2.75, 3.05) is 6.54 Å². The molecule has 0 heterocycles. The Bertz CT molecular complexity index is 975. The lowest BCUT2D eigenvalue weighted by molar-refractivity contribution is -0.142. The van der Waals surface area contributed by atoms with E-state index >= 15 is 0 Å². The van der Waals surface area contributed by atoms with Gasteiger partial charge in [-0.15, -0.1) is 6.58 Å². The van der Waals surface area contributed by atoms with Crippen LogP contribution in [0.2, 0.25) is 0 Å². The first-order valence-electron chi connectivity index (χ1n) is 12.0. The highest BCUT2D eigenvalue weighted by Gasteiger charge is 2.37. The predicted molar refractivity (Wildman–Crippen MR) is 140 cm³/mol. The summed E-state index contributed by atoms with van der Waals surface area (Å²) in [6.07, 6.45) is 0.503. The average molecular weight is 503 g/mol. The number of benzene rings is 1. The predicted octanol–water partition coefficient (Wildman–Crippen LogP) is 3.43. The number of hydrogen-bond donors (Lipinski definition) is 3. The first kappa shape index (κ1) is 30.7. The van der Waals surface area contributed by atoms with Gasteiger partial charge in [0.15, 0.2) is 0 Å². The van der Waals surface area contributed by atoms with Crippen molar-refractivity contribution in [1.82, 2.24) is 15.5 Å². The lowest BCUT2D eigenvalue weighted by atomic mass is 9.94. The zero-order valence-electron chi connectivity index (χ0n) is 22.9. The summed E-state index contributed by atoms with van der Waals surface area (Å²) < 4.78 is 5.32. The van der Waals surface area contributed by atoms with Crippen LogP contribution in [0.3, 0.4) is 0 Å². The number of amides is 4. The van der Waals surface area contributed by atoms with E-state index in [0.29, 0.717) is 5.56 Å². The Morgan fingerprint density at radius 1 is 1.11 bits per heavy atom. The van der Waals surface area contributed by atoms with E-state index in [4.69, 9.17) is 10.5 Å². The third-order valence-corrected chi connectivity index (χ3v) is 5.28. The highest BCUT2D eigenvalue weighted by atomic mass is 16.6. The molecule has 2 atom stereocenters. The first-order chi connectivity index (χ1) is 16.5. The highest BCUT2D eigenvalue weighted by Crippen LogP contribution is 2.28. The Morgan fingerprint density at radius 2 is 1.72 bits per heavy atom.